The summed E-state index contributed by atoms with van der Waals surface area (Å²) < 4.78 is 17.8. The van der Waals surface area contributed by atoms with Crippen molar-refractivity contribution >= 4 is 50.9 Å². The van der Waals surface area contributed by atoms with Gasteiger partial charge in [0.05, 0.1) is 28.4 Å². The number of carbonyl (C=O) groups excluding carboxylic acids is 3. The van der Waals surface area contributed by atoms with Crippen LogP contribution < -0.4 is 14.2 Å². The second-order valence-electron chi connectivity index (χ2n) is 11.1. The maximum Gasteiger partial charge on any atom is 0.317 e. The second-order valence-corrected chi connectivity index (χ2v) is 13.0. The van der Waals surface area contributed by atoms with Crippen LogP contribution in [0, 0.1) is 23.2 Å². The number of esters is 1. The zero-order valence-corrected chi connectivity index (χ0v) is 24.1. The number of nitrogens with zero attached hydrogens (tertiary/aromatic N) is 1. The minimum Gasteiger partial charge on any atom is -0.493 e. The van der Waals surface area contributed by atoms with E-state index >= 15 is 0 Å². The summed E-state index contributed by atoms with van der Waals surface area (Å²) in [6.45, 7) is 0.363. The van der Waals surface area contributed by atoms with E-state index in [1.807, 2.05) is 30.3 Å². The van der Waals surface area contributed by atoms with Crippen LogP contribution in [0.5, 0.6) is 17.2 Å². The van der Waals surface area contributed by atoms with Crippen molar-refractivity contribution in [1.29, 1.82) is 0 Å². The average molecular weight is 613 g/mol. The summed E-state index contributed by atoms with van der Waals surface area (Å²) in [5.74, 6) is 2.80. The normalized spacial score (nSPS) is 28.3. The van der Waals surface area contributed by atoms with Crippen LogP contribution in [0.4, 0.5) is 4.79 Å². The molecule has 1 heterocycles. The summed E-state index contributed by atoms with van der Waals surface area (Å²) in [7, 11) is 1.52. The topological polar surface area (TPSA) is 82.1 Å². The molecule has 0 unspecified atom stereocenters. The van der Waals surface area contributed by atoms with E-state index in [-0.39, 0.29) is 35.7 Å². The van der Waals surface area contributed by atoms with E-state index in [1.165, 1.54) is 31.3 Å². The first kappa shape index (κ1) is 26.4. The lowest BCUT2D eigenvalue weighted by Crippen LogP contribution is -2.51. The Hall–Kier alpha value is -2.78. The highest BCUT2D eigenvalue weighted by Crippen LogP contribution is 2.60. The van der Waals surface area contributed by atoms with Crippen molar-refractivity contribution < 1.29 is 28.6 Å². The lowest BCUT2D eigenvalue weighted by Gasteiger charge is -2.55. The molecular weight excluding hydrogens is 582 g/mol. The number of benzene rings is 2. The number of carbonyl (C=O) groups is 3. The fraction of sp³-hybridized carbons (Fsp3) is 0.433. The summed E-state index contributed by atoms with van der Waals surface area (Å²) in [6, 6.07) is 12.8. The Labute approximate surface area is 240 Å². The van der Waals surface area contributed by atoms with Gasteiger partial charge in [-0.25, -0.2) is 0 Å². The average Bonchev–Trinajstić information content (AvgIpc) is 3.17. The highest BCUT2D eigenvalue weighted by Gasteiger charge is 2.55. The molecule has 0 atom stereocenters. The number of para-hydroxylation sites is 1. The molecule has 9 heteroatoms. The van der Waals surface area contributed by atoms with Crippen molar-refractivity contribution in [3.05, 3.63) is 57.4 Å². The molecule has 204 valence electrons. The van der Waals surface area contributed by atoms with Crippen molar-refractivity contribution in [2.24, 2.45) is 23.2 Å². The number of hydrogen-bond acceptors (Lipinski definition) is 7. The molecule has 4 saturated carbocycles. The zero-order valence-electron chi connectivity index (χ0n) is 21.7. The molecule has 4 bridgehead atoms. The van der Waals surface area contributed by atoms with Crippen LogP contribution >= 0.6 is 27.7 Å². The molecule has 4 aliphatic carbocycles. The first-order valence-electron chi connectivity index (χ1n) is 13.4. The maximum absolute atomic E-state index is 13.5. The monoisotopic (exact) mass is 611 g/mol. The van der Waals surface area contributed by atoms with E-state index in [4.69, 9.17) is 14.2 Å². The quantitative estimate of drug-likeness (QED) is 0.187. The van der Waals surface area contributed by atoms with Gasteiger partial charge in [-0.15, -0.1) is 0 Å². The molecule has 7 rings (SSSR count). The molecule has 0 aromatic heterocycles. The van der Waals surface area contributed by atoms with Gasteiger partial charge in [0.2, 0.25) is 0 Å². The Bertz CT molecular complexity index is 1310. The summed E-state index contributed by atoms with van der Waals surface area (Å²) in [5, 5.41) is -0.338. The predicted octanol–water partition coefficient (Wildman–Crippen LogP) is 6.69. The second kappa shape index (κ2) is 10.7. The molecule has 0 radical (unpaired) electrons. The number of amides is 2. The molecule has 1 aliphatic heterocycles. The largest absolute Gasteiger partial charge is 0.493 e. The van der Waals surface area contributed by atoms with Gasteiger partial charge in [-0.2, -0.15) is 0 Å². The molecule has 39 heavy (non-hydrogen) atoms. The molecule has 2 amide bonds. The molecule has 2 aromatic carbocycles. The third-order valence-corrected chi connectivity index (χ3v) is 9.91. The van der Waals surface area contributed by atoms with Crippen LogP contribution in [0.3, 0.4) is 0 Å². The van der Waals surface area contributed by atoms with Gasteiger partial charge in [0, 0.05) is 0 Å². The standard InChI is InChI=1S/C30H30BrNO6S/c1-36-24-13-18(14-25-27(33)32(29(35)39-25)7-8-37-22-5-3-2-4-6-22)12-23(31)26(24)38-28(34)30-15-19-9-20(16-30)11-21(10-19)17-30/h2-6,12-14,19-21H,7-11,15-17H2,1H3/b25-14-. The highest BCUT2D eigenvalue weighted by molar-refractivity contribution is 9.10. The molecule has 2 aromatic rings. The third-order valence-electron chi connectivity index (χ3n) is 8.42. The molecule has 0 N–H and O–H groups in total. The van der Waals surface area contributed by atoms with Gasteiger partial charge in [0.1, 0.15) is 12.4 Å². The Morgan fingerprint density at radius 1 is 1.08 bits per heavy atom. The predicted molar refractivity (Wildman–Crippen MR) is 152 cm³/mol. The van der Waals surface area contributed by atoms with E-state index in [0.29, 0.717) is 49.9 Å². The van der Waals surface area contributed by atoms with Crippen molar-refractivity contribution in [3.63, 3.8) is 0 Å². The number of hydrogen-bond donors (Lipinski definition) is 0. The number of halogens is 1. The van der Waals surface area contributed by atoms with Gasteiger partial charge in [-0.05, 0) is 120 Å². The minimum atomic E-state index is -0.388. The van der Waals surface area contributed by atoms with Gasteiger partial charge >= 0.3 is 5.97 Å². The molecular formula is C30H30BrNO6S. The van der Waals surface area contributed by atoms with Gasteiger partial charge < -0.3 is 14.2 Å². The van der Waals surface area contributed by atoms with Crippen molar-refractivity contribution in [1.82, 2.24) is 4.90 Å². The molecule has 5 fully saturated rings. The van der Waals surface area contributed by atoms with E-state index < -0.39 is 0 Å². The SMILES string of the molecule is COc1cc(/C=C2\SC(=O)N(CCOc3ccccc3)C2=O)cc(Br)c1OC(=O)C12CC3CC(CC(C3)C1)C2. The zero-order chi connectivity index (χ0) is 27.1. The van der Waals surface area contributed by atoms with E-state index in [0.717, 1.165) is 31.0 Å². The van der Waals surface area contributed by atoms with E-state index in [9.17, 15) is 14.4 Å². The van der Waals surface area contributed by atoms with Crippen LogP contribution in [-0.4, -0.2) is 42.3 Å². The van der Waals surface area contributed by atoms with Gasteiger partial charge in [-0.3, -0.25) is 19.3 Å². The Morgan fingerprint density at radius 3 is 2.38 bits per heavy atom. The Kier molecular flexibility index (Phi) is 7.22. The van der Waals surface area contributed by atoms with Crippen LogP contribution in [0.2, 0.25) is 0 Å². The number of ether oxygens (including phenoxy) is 3. The first-order valence-corrected chi connectivity index (χ1v) is 15.0. The smallest absolute Gasteiger partial charge is 0.317 e. The van der Waals surface area contributed by atoms with Gasteiger partial charge in [-0.1, -0.05) is 18.2 Å². The lowest BCUT2D eigenvalue weighted by atomic mass is 9.49. The Morgan fingerprint density at radius 2 is 1.74 bits per heavy atom. The van der Waals surface area contributed by atoms with Crippen molar-refractivity contribution in [2.45, 2.75) is 38.5 Å². The molecule has 1 saturated heterocycles. The van der Waals surface area contributed by atoms with Gasteiger partial charge in [0.25, 0.3) is 11.1 Å². The number of thioether (sulfide) groups is 1. The van der Waals surface area contributed by atoms with Crippen LogP contribution in [0.25, 0.3) is 6.08 Å². The van der Waals surface area contributed by atoms with Gasteiger partial charge in [0.15, 0.2) is 11.5 Å². The van der Waals surface area contributed by atoms with Crippen molar-refractivity contribution in [3.8, 4) is 17.2 Å². The number of imide groups is 1. The highest BCUT2D eigenvalue weighted by atomic mass is 79.9. The van der Waals surface area contributed by atoms with Crippen molar-refractivity contribution in [2.75, 3.05) is 20.3 Å². The van der Waals surface area contributed by atoms with Crippen LogP contribution in [0.15, 0.2) is 51.8 Å². The summed E-state index contributed by atoms with van der Waals surface area (Å²) in [4.78, 5) is 40.5. The summed E-state index contributed by atoms with van der Waals surface area (Å²) >= 11 is 4.44. The van der Waals surface area contributed by atoms with E-state index in [2.05, 4.69) is 15.9 Å². The van der Waals surface area contributed by atoms with Crippen LogP contribution in [0.1, 0.15) is 44.1 Å². The first-order chi connectivity index (χ1) is 18.8. The third kappa shape index (κ3) is 5.23. The minimum absolute atomic E-state index is 0.156. The molecule has 5 aliphatic rings. The fourth-order valence-electron chi connectivity index (χ4n) is 7.10. The van der Waals surface area contributed by atoms with E-state index in [1.54, 1.807) is 18.2 Å². The molecule has 0 spiro atoms. The summed E-state index contributed by atoms with van der Waals surface area (Å²) in [6.07, 6.45) is 8.16. The number of methoxy groups -OCH3 is 1. The number of rotatable bonds is 8. The fourth-order valence-corrected chi connectivity index (χ4v) is 8.51. The maximum atomic E-state index is 13.5. The van der Waals surface area contributed by atoms with Crippen LogP contribution in [-0.2, 0) is 9.59 Å². The molecule has 7 nitrogen and oxygen atoms in total. The lowest BCUT2D eigenvalue weighted by molar-refractivity contribution is -0.161. The summed E-state index contributed by atoms with van der Waals surface area (Å²) in [5.41, 5.74) is 0.264. The Balaban J connectivity index is 1.15.